The number of thiophene rings is 1. The lowest BCUT2D eigenvalue weighted by Gasteiger charge is -2.43. The molecule has 0 radical (unpaired) electrons. The van der Waals surface area contributed by atoms with Crippen molar-refractivity contribution in [1.29, 1.82) is 0 Å². The van der Waals surface area contributed by atoms with Crippen LogP contribution in [0.25, 0.3) is 0 Å². The largest absolute Gasteiger partial charge is 0.756 e. The molecule has 198 valence electrons. The maximum atomic E-state index is 13.3. The van der Waals surface area contributed by atoms with Gasteiger partial charge in [-0.05, 0) is 54.5 Å². The van der Waals surface area contributed by atoms with Gasteiger partial charge in [-0.1, -0.05) is 6.07 Å². The first kappa shape index (κ1) is 26.9. The predicted molar refractivity (Wildman–Crippen MR) is 135 cm³/mol. The van der Waals surface area contributed by atoms with E-state index in [1.807, 2.05) is 4.90 Å². The van der Waals surface area contributed by atoms with Gasteiger partial charge >= 0.3 is 0 Å². The molecule has 2 saturated heterocycles. The summed E-state index contributed by atoms with van der Waals surface area (Å²) in [4.78, 5) is 13.3. The summed E-state index contributed by atoms with van der Waals surface area (Å²) >= 11 is 1.09. The lowest BCUT2D eigenvalue weighted by atomic mass is 9.92. The molecule has 1 aromatic carbocycles. The van der Waals surface area contributed by atoms with Crippen LogP contribution < -0.4 is 4.90 Å². The Morgan fingerprint density at radius 3 is 2.36 bits per heavy atom. The van der Waals surface area contributed by atoms with Gasteiger partial charge in [-0.25, -0.2) is 21.2 Å². The fourth-order valence-corrected chi connectivity index (χ4v) is 9.20. The molecule has 2 aliphatic heterocycles. The van der Waals surface area contributed by atoms with Crippen LogP contribution in [0.15, 0.2) is 46.0 Å². The van der Waals surface area contributed by atoms with E-state index in [1.54, 1.807) is 23.6 Å². The summed E-state index contributed by atoms with van der Waals surface area (Å²) in [5, 5.41) is 14.2. The molecule has 2 aliphatic rings. The number of sulfonamides is 2. The third-order valence-electron chi connectivity index (χ3n) is 6.69. The number of amides is 1. The van der Waals surface area contributed by atoms with E-state index in [-0.39, 0.29) is 47.7 Å². The van der Waals surface area contributed by atoms with Crippen molar-refractivity contribution in [3.8, 4) is 0 Å². The van der Waals surface area contributed by atoms with E-state index in [0.717, 1.165) is 17.0 Å². The molecule has 2 unspecified atom stereocenters. The zero-order valence-corrected chi connectivity index (χ0v) is 21.9. The highest BCUT2D eigenvalue weighted by Gasteiger charge is 2.38. The summed E-state index contributed by atoms with van der Waals surface area (Å²) in [6.45, 7) is 1.36. The molecule has 0 saturated carbocycles. The van der Waals surface area contributed by atoms with Crippen molar-refractivity contribution < 1.29 is 26.0 Å². The van der Waals surface area contributed by atoms with E-state index in [9.17, 15) is 31.2 Å². The summed E-state index contributed by atoms with van der Waals surface area (Å²) in [5.41, 5.74) is 0.784. The number of hydroxylamine groups is 2. The highest BCUT2D eigenvalue weighted by atomic mass is 32.2. The average Bonchev–Trinajstić information content (AvgIpc) is 3.44. The van der Waals surface area contributed by atoms with Crippen LogP contribution in [0, 0.1) is 16.9 Å². The number of halogens is 1. The molecule has 0 aliphatic carbocycles. The molecular formula is C22H28FN4O6S3-. The smallest absolute Gasteiger partial charge is 0.252 e. The van der Waals surface area contributed by atoms with Crippen molar-refractivity contribution in [2.45, 2.75) is 23.1 Å². The molecule has 1 amide bonds. The molecule has 36 heavy (non-hydrogen) atoms. The van der Waals surface area contributed by atoms with Crippen LogP contribution in [0.4, 0.5) is 10.1 Å². The minimum absolute atomic E-state index is 0.0364. The fourth-order valence-electron chi connectivity index (χ4n) is 4.74. The van der Waals surface area contributed by atoms with Crippen molar-refractivity contribution in [1.82, 2.24) is 13.7 Å². The second kappa shape index (κ2) is 11.1. The monoisotopic (exact) mass is 559 g/mol. The van der Waals surface area contributed by atoms with Crippen molar-refractivity contribution in [2.24, 2.45) is 5.92 Å². The van der Waals surface area contributed by atoms with Gasteiger partial charge in [0.2, 0.25) is 10.0 Å². The Bertz CT molecular complexity index is 1230. The van der Waals surface area contributed by atoms with E-state index in [1.165, 1.54) is 26.8 Å². The molecule has 2 atom stereocenters. The molecule has 2 fully saturated rings. The van der Waals surface area contributed by atoms with E-state index in [4.69, 9.17) is 0 Å². The molecule has 3 heterocycles. The number of piperazine rings is 1. The van der Waals surface area contributed by atoms with Gasteiger partial charge < -0.3 is 15.2 Å². The zero-order valence-electron chi connectivity index (χ0n) is 19.5. The van der Waals surface area contributed by atoms with Crippen molar-refractivity contribution >= 4 is 43.5 Å². The molecule has 0 bridgehead atoms. The molecule has 4 rings (SSSR count). The first-order valence-electron chi connectivity index (χ1n) is 11.5. The van der Waals surface area contributed by atoms with Gasteiger partial charge in [0.1, 0.15) is 10.0 Å². The van der Waals surface area contributed by atoms with Gasteiger partial charge in [0, 0.05) is 51.0 Å². The quantitative estimate of drug-likeness (QED) is 0.339. The van der Waals surface area contributed by atoms with Crippen LogP contribution >= 0.6 is 11.3 Å². The molecule has 10 nitrogen and oxygen atoms in total. The van der Waals surface area contributed by atoms with Crippen LogP contribution in [0.1, 0.15) is 12.8 Å². The van der Waals surface area contributed by atoms with Gasteiger partial charge in [-0.2, -0.15) is 8.61 Å². The molecular weight excluding hydrogens is 531 g/mol. The second-order valence-corrected chi connectivity index (χ2v) is 14.0. The minimum atomic E-state index is -3.92. The maximum absolute atomic E-state index is 13.3. The van der Waals surface area contributed by atoms with Crippen molar-refractivity contribution in [3.63, 3.8) is 0 Å². The Morgan fingerprint density at radius 1 is 1.06 bits per heavy atom. The third-order valence-corrected chi connectivity index (χ3v) is 11.8. The normalized spacial score (nSPS) is 21.3. The Hall–Kier alpha value is -2.10. The number of carbonyl (C=O) groups is 1. The topological polar surface area (TPSA) is 121 Å². The summed E-state index contributed by atoms with van der Waals surface area (Å²) in [6.07, 6.45) is 0.940. The fraction of sp³-hybridized carbons (Fsp3) is 0.500. The maximum Gasteiger partial charge on any atom is 0.252 e. The minimum Gasteiger partial charge on any atom is -0.756 e. The van der Waals surface area contributed by atoms with Gasteiger partial charge in [-0.3, -0.25) is 4.79 Å². The van der Waals surface area contributed by atoms with Crippen molar-refractivity contribution in [3.05, 3.63) is 52.8 Å². The van der Waals surface area contributed by atoms with E-state index in [2.05, 4.69) is 0 Å². The van der Waals surface area contributed by atoms with E-state index >= 15 is 0 Å². The number of rotatable bonds is 9. The highest BCUT2D eigenvalue weighted by molar-refractivity contribution is 7.91. The van der Waals surface area contributed by atoms with Gasteiger partial charge in [0.25, 0.3) is 10.0 Å². The first-order chi connectivity index (χ1) is 17.1. The molecule has 0 N–H and O–H groups in total. The Morgan fingerprint density at radius 2 is 1.75 bits per heavy atom. The summed E-state index contributed by atoms with van der Waals surface area (Å²) in [6, 6.07) is 7.89. The SMILES string of the molecule is O=CN([O-])C(CS(=O)(=O)N1CCN(c2ccc(F)cc2)CC1)C1CCCN(S(=O)(=O)c2cccs2)C1. The van der Waals surface area contributed by atoms with E-state index in [0.29, 0.717) is 25.9 Å². The van der Waals surface area contributed by atoms with Crippen LogP contribution in [-0.2, 0) is 24.8 Å². The number of carbonyl (C=O) groups excluding carboxylic acids is 1. The third kappa shape index (κ3) is 5.89. The molecule has 2 aromatic rings. The van der Waals surface area contributed by atoms with Crippen LogP contribution in [0.2, 0.25) is 0 Å². The zero-order chi connectivity index (χ0) is 25.9. The highest BCUT2D eigenvalue weighted by Crippen LogP contribution is 2.30. The lowest BCUT2D eigenvalue weighted by Crippen LogP contribution is -2.54. The lowest BCUT2D eigenvalue weighted by molar-refractivity contribution is -0.118. The number of benzene rings is 1. The summed E-state index contributed by atoms with van der Waals surface area (Å²) in [5.74, 6) is -1.55. The Balaban J connectivity index is 1.44. The predicted octanol–water partition coefficient (Wildman–Crippen LogP) is 1.76. The van der Waals surface area contributed by atoms with Gasteiger partial charge in [0.15, 0.2) is 6.41 Å². The van der Waals surface area contributed by atoms with Crippen LogP contribution in [0.3, 0.4) is 0 Å². The second-order valence-electron chi connectivity index (χ2n) is 8.87. The van der Waals surface area contributed by atoms with E-state index < -0.39 is 37.8 Å². The number of hydrogen-bond donors (Lipinski definition) is 0. The van der Waals surface area contributed by atoms with Crippen LogP contribution in [0.5, 0.6) is 0 Å². The molecule has 0 spiro atoms. The Labute approximate surface area is 214 Å². The molecule has 1 aromatic heterocycles. The average molecular weight is 560 g/mol. The summed E-state index contributed by atoms with van der Waals surface area (Å²) < 4.78 is 68.4. The standard InChI is InChI=1S/C22H28FN4O6S3/c23-19-5-7-20(8-6-19)24-10-12-25(13-11-24)35(30,31)16-21(27(29)17-28)18-3-1-9-26(15-18)36(32,33)22-4-2-14-34-22/h2,4-8,14,17-18,21H,1,3,9-13,15-16H2/q-1. The molecule has 14 heteroatoms. The van der Waals surface area contributed by atoms with Gasteiger partial charge in [0.05, 0.1) is 5.75 Å². The first-order valence-corrected chi connectivity index (χ1v) is 15.5. The van der Waals surface area contributed by atoms with Crippen molar-refractivity contribution in [2.75, 3.05) is 49.9 Å². The summed E-state index contributed by atoms with van der Waals surface area (Å²) in [7, 11) is -7.68. The van der Waals surface area contributed by atoms with Crippen LogP contribution in [-0.4, -0.2) is 88.0 Å². The number of hydrogen-bond acceptors (Lipinski definition) is 8. The number of nitrogens with zero attached hydrogens (tertiary/aromatic N) is 4. The number of anilines is 1. The number of piperidine rings is 1. The Kier molecular flexibility index (Phi) is 8.32. The van der Waals surface area contributed by atoms with Gasteiger partial charge in [-0.15, -0.1) is 11.3 Å².